The van der Waals surface area contributed by atoms with Gasteiger partial charge in [0.25, 0.3) is 0 Å². The molecule has 0 aliphatic rings. The predicted octanol–water partition coefficient (Wildman–Crippen LogP) is 1.33. The highest BCUT2D eigenvalue weighted by Gasteiger charge is 2.16. The van der Waals surface area contributed by atoms with Gasteiger partial charge >= 0.3 is 0 Å². The molecule has 0 amide bonds. The van der Waals surface area contributed by atoms with Gasteiger partial charge in [0.15, 0.2) is 0 Å². The summed E-state index contributed by atoms with van der Waals surface area (Å²) in [7, 11) is 1.28. The molecule has 0 aliphatic carbocycles. The van der Waals surface area contributed by atoms with Crippen LogP contribution in [0, 0.1) is 0 Å². The monoisotopic (exact) mass is 180 g/mol. The standard InChI is InChI=1S/C5H13BrSi/c1-4(7)5(2,3)6/h4H,1-3,7H3. The van der Waals surface area contributed by atoms with Gasteiger partial charge < -0.3 is 0 Å². The molecule has 2 heteroatoms. The van der Waals surface area contributed by atoms with Gasteiger partial charge in [-0.25, -0.2) is 0 Å². The number of halogens is 1. The normalized spacial score (nSPS) is 17.1. The molecule has 0 bridgehead atoms. The third kappa shape index (κ3) is 3.29. The number of hydrogen-bond donors (Lipinski definition) is 0. The van der Waals surface area contributed by atoms with E-state index in [1.807, 2.05) is 0 Å². The highest BCUT2D eigenvalue weighted by atomic mass is 79.9. The van der Waals surface area contributed by atoms with Gasteiger partial charge in [-0.2, -0.15) is 0 Å². The number of rotatable bonds is 1. The van der Waals surface area contributed by atoms with Gasteiger partial charge in [0.2, 0.25) is 0 Å². The van der Waals surface area contributed by atoms with Gasteiger partial charge in [-0.1, -0.05) is 36.7 Å². The van der Waals surface area contributed by atoms with Crippen LogP contribution < -0.4 is 0 Å². The Balaban J connectivity index is 3.54. The summed E-state index contributed by atoms with van der Waals surface area (Å²) in [5.74, 6) is 0. The minimum Gasteiger partial charge on any atom is -0.0860 e. The van der Waals surface area contributed by atoms with Gasteiger partial charge in [0.05, 0.1) is 0 Å². The molecule has 44 valence electrons. The molecule has 1 atom stereocenters. The highest BCUT2D eigenvalue weighted by molar-refractivity contribution is 9.10. The van der Waals surface area contributed by atoms with E-state index in [9.17, 15) is 0 Å². The van der Waals surface area contributed by atoms with Crippen molar-refractivity contribution in [2.45, 2.75) is 30.6 Å². The molecular formula is C5H13BrSi. The minimum absolute atomic E-state index is 0.374. The first-order valence-corrected chi connectivity index (χ1v) is 4.58. The Hall–Kier alpha value is 0.697. The van der Waals surface area contributed by atoms with Crippen LogP contribution in [0.2, 0.25) is 5.54 Å². The average Bonchev–Trinajstić information content (AvgIpc) is 1.31. The van der Waals surface area contributed by atoms with E-state index in [2.05, 4.69) is 36.7 Å². The summed E-state index contributed by atoms with van der Waals surface area (Å²) in [6.07, 6.45) is 0. The highest BCUT2D eigenvalue weighted by Crippen LogP contribution is 2.27. The first kappa shape index (κ1) is 7.70. The maximum absolute atomic E-state index is 3.58. The van der Waals surface area contributed by atoms with E-state index in [1.165, 1.54) is 10.2 Å². The van der Waals surface area contributed by atoms with Gasteiger partial charge in [0.1, 0.15) is 0 Å². The van der Waals surface area contributed by atoms with E-state index < -0.39 is 0 Å². The van der Waals surface area contributed by atoms with Crippen molar-refractivity contribution in [3.8, 4) is 0 Å². The lowest BCUT2D eigenvalue weighted by Crippen LogP contribution is -2.15. The molecule has 1 unspecified atom stereocenters. The smallest absolute Gasteiger partial charge is 0.0195 e. The van der Waals surface area contributed by atoms with Crippen molar-refractivity contribution in [2.75, 3.05) is 0 Å². The second-order valence-corrected chi connectivity index (χ2v) is 6.50. The molecular weight excluding hydrogens is 168 g/mol. The molecule has 0 radical (unpaired) electrons. The summed E-state index contributed by atoms with van der Waals surface area (Å²) in [5, 5.41) is 0. The van der Waals surface area contributed by atoms with Crippen LogP contribution in [0.5, 0.6) is 0 Å². The Morgan fingerprint density at radius 3 is 1.71 bits per heavy atom. The van der Waals surface area contributed by atoms with Crippen molar-refractivity contribution < 1.29 is 0 Å². The lowest BCUT2D eigenvalue weighted by molar-refractivity contribution is 0.699. The lowest BCUT2D eigenvalue weighted by atomic mass is 10.1. The topological polar surface area (TPSA) is 0 Å². The molecule has 0 rings (SSSR count). The zero-order chi connectivity index (χ0) is 6.08. The largest absolute Gasteiger partial charge is 0.0860 e. The first-order valence-electron chi connectivity index (χ1n) is 2.63. The van der Waals surface area contributed by atoms with Gasteiger partial charge in [-0.3, -0.25) is 0 Å². The molecule has 0 aliphatic heterocycles. The second kappa shape index (κ2) is 2.31. The van der Waals surface area contributed by atoms with Crippen LogP contribution in [0.4, 0.5) is 0 Å². The van der Waals surface area contributed by atoms with Gasteiger partial charge in [0, 0.05) is 14.6 Å². The lowest BCUT2D eigenvalue weighted by Gasteiger charge is -2.20. The zero-order valence-electron chi connectivity index (χ0n) is 5.46. The fourth-order valence-electron chi connectivity index (χ4n) is 0. The van der Waals surface area contributed by atoms with Crippen LogP contribution in [0.1, 0.15) is 20.8 Å². The summed E-state index contributed by atoms with van der Waals surface area (Å²) in [4.78, 5) is 0. The summed E-state index contributed by atoms with van der Waals surface area (Å²) in [6, 6.07) is 0. The third-order valence-corrected chi connectivity index (χ3v) is 4.58. The zero-order valence-corrected chi connectivity index (χ0v) is 9.04. The number of hydrogen-bond acceptors (Lipinski definition) is 0. The van der Waals surface area contributed by atoms with E-state index in [0.29, 0.717) is 4.32 Å². The molecule has 0 saturated heterocycles. The first-order chi connectivity index (χ1) is 2.94. The maximum atomic E-state index is 3.58. The second-order valence-electron chi connectivity index (χ2n) is 2.72. The van der Waals surface area contributed by atoms with Crippen LogP contribution in [-0.2, 0) is 0 Å². The summed E-state index contributed by atoms with van der Waals surface area (Å²) < 4.78 is 0.374. The molecule has 0 N–H and O–H groups in total. The van der Waals surface area contributed by atoms with Crippen molar-refractivity contribution in [3.05, 3.63) is 0 Å². The summed E-state index contributed by atoms with van der Waals surface area (Å²) in [6.45, 7) is 6.69. The molecule has 0 aromatic rings. The Morgan fingerprint density at radius 2 is 1.71 bits per heavy atom. The van der Waals surface area contributed by atoms with E-state index >= 15 is 0 Å². The Bertz CT molecular complexity index is 53.6. The van der Waals surface area contributed by atoms with Crippen molar-refractivity contribution in [1.29, 1.82) is 0 Å². The van der Waals surface area contributed by atoms with Gasteiger partial charge in [-0.15, -0.1) is 0 Å². The van der Waals surface area contributed by atoms with E-state index in [1.54, 1.807) is 0 Å². The van der Waals surface area contributed by atoms with Crippen molar-refractivity contribution >= 4 is 26.2 Å². The fourth-order valence-corrected chi connectivity index (χ4v) is 0. The molecule has 0 nitrogen and oxygen atoms in total. The van der Waals surface area contributed by atoms with Crippen LogP contribution in [0.15, 0.2) is 0 Å². The van der Waals surface area contributed by atoms with Crippen molar-refractivity contribution in [2.24, 2.45) is 0 Å². The maximum Gasteiger partial charge on any atom is 0.0195 e. The Labute approximate surface area is 57.2 Å². The van der Waals surface area contributed by atoms with E-state index in [0.717, 1.165) is 5.54 Å². The molecule has 7 heavy (non-hydrogen) atoms. The quantitative estimate of drug-likeness (QED) is 0.423. The third-order valence-electron chi connectivity index (χ3n) is 1.37. The molecule has 0 spiro atoms. The van der Waals surface area contributed by atoms with E-state index in [-0.39, 0.29) is 0 Å². The molecule has 0 aromatic carbocycles. The van der Waals surface area contributed by atoms with Crippen LogP contribution in [0.3, 0.4) is 0 Å². The van der Waals surface area contributed by atoms with Crippen molar-refractivity contribution in [3.63, 3.8) is 0 Å². The average molecular weight is 181 g/mol. The molecule has 0 heterocycles. The summed E-state index contributed by atoms with van der Waals surface area (Å²) in [5.41, 5.74) is 0.854. The van der Waals surface area contributed by atoms with Crippen LogP contribution in [0.25, 0.3) is 0 Å². The predicted molar refractivity (Wildman–Crippen MR) is 42.4 cm³/mol. The SMILES string of the molecule is CC([SiH3])C(C)(C)Br. The van der Waals surface area contributed by atoms with Crippen LogP contribution >= 0.6 is 15.9 Å². The Morgan fingerprint density at radius 1 is 1.57 bits per heavy atom. The molecule has 0 aromatic heterocycles. The molecule has 0 saturated carbocycles. The Kier molecular flexibility index (Phi) is 2.54. The van der Waals surface area contributed by atoms with Gasteiger partial charge in [-0.05, 0) is 5.54 Å². The fraction of sp³-hybridized carbons (Fsp3) is 1.00. The minimum atomic E-state index is 0.374. The number of alkyl halides is 1. The van der Waals surface area contributed by atoms with Crippen molar-refractivity contribution in [1.82, 2.24) is 0 Å². The van der Waals surface area contributed by atoms with Crippen LogP contribution in [-0.4, -0.2) is 14.6 Å². The summed E-state index contributed by atoms with van der Waals surface area (Å²) >= 11 is 3.58. The molecule has 0 fully saturated rings. The van der Waals surface area contributed by atoms with E-state index in [4.69, 9.17) is 0 Å².